The molecule has 6 nitrogen and oxygen atoms in total. The first-order chi connectivity index (χ1) is 20.5. The average molecular weight is 605 g/mol. The van der Waals surface area contributed by atoms with Gasteiger partial charge in [-0.3, -0.25) is 4.68 Å². The molecule has 2 heterocycles. The van der Waals surface area contributed by atoms with E-state index in [1.54, 1.807) is 6.07 Å². The third-order valence-corrected chi connectivity index (χ3v) is 10.0. The molecule has 2 saturated carbocycles. The molecule has 0 spiro atoms. The van der Waals surface area contributed by atoms with E-state index in [1.807, 2.05) is 90.4 Å². The summed E-state index contributed by atoms with van der Waals surface area (Å²) in [5.41, 5.74) is 3.82. The zero-order valence-corrected chi connectivity index (χ0v) is 25.0. The lowest BCUT2D eigenvalue weighted by Gasteiger charge is -2.44. The Bertz CT molecular complexity index is 1820. The van der Waals surface area contributed by atoms with E-state index in [0.717, 1.165) is 51.6 Å². The summed E-state index contributed by atoms with van der Waals surface area (Å²) in [6.45, 7) is 4.00. The molecule has 1 N–H and O–H groups in total. The molecule has 2 aliphatic carbocycles. The van der Waals surface area contributed by atoms with Gasteiger partial charge in [-0.15, -0.1) is 13.2 Å². The number of nitrogens with zero attached hydrogens (tertiary/aromatic N) is 4. The summed E-state index contributed by atoms with van der Waals surface area (Å²) in [4.78, 5) is 5.02. The molecular weight excluding hydrogens is 572 g/mol. The monoisotopic (exact) mass is 604 g/mol. The molecule has 0 saturated heterocycles. The topological polar surface area (TPSA) is 65.1 Å². The Balaban J connectivity index is 1.29. The summed E-state index contributed by atoms with van der Waals surface area (Å²) in [5, 5.41) is 17.8. The van der Waals surface area contributed by atoms with E-state index < -0.39 is 19.9 Å². The van der Waals surface area contributed by atoms with Crippen LogP contribution in [-0.4, -0.2) is 44.1 Å². The van der Waals surface area contributed by atoms with Crippen LogP contribution in [0.15, 0.2) is 72.9 Å². The van der Waals surface area contributed by atoms with Crippen LogP contribution >= 0.6 is 7.92 Å². The maximum Gasteiger partial charge on any atom is 0.573 e. The van der Waals surface area contributed by atoms with Crippen LogP contribution in [0.1, 0.15) is 48.9 Å². The Morgan fingerprint density at radius 3 is 2.40 bits per heavy atom. The zero-order chi connectivity index (χ0) is 30.1. The molecule has 2 fully saturated rings. The third-order valence-electron chi connectivity index (χ3n) is 8.71. The Morgan fingerprint density at radius 2 is 1.72 bits per heavy atom. The Hall–Kier alpha value is -3.68. The molecule has 2 aromatic heterocycles. The van der Waals surface area contributed by atoms with E-state index in [1.165, 1.54) is 6.07 Å². The fraction of sp³-hybridized carbons (Fsp3) is 0.333. The number of imidazole rings is 1. The molecular formula is C33H32F3N4O2P. The Kier molecular flexibility index (Phi) is 6.67. The molecule has 10 heteroatoms. The van der Waals surface area contributed by atoms with E-state index in [0.29, 0.717) is 24.2 Å². The highest BCUT2D eigenvalue weighted by Gasteiger charge is 2.45. The number of fused-ring (bicyclic) bond motifs is 1. The highest BCUT2D eigenvalue weighted by Crippen LogP contribution is 2.50. The van der Waals surface area contributed by atoms with Gasteiger partial charge in [0.2, 0.25) is 0 Å². The minimum Gasteiger partial charge on any atom is -0.405 e. The number of hydrogen-bond acceptors (Lipinski definition) is 4. The lowest BCUT2D eigenvalue weighted by Crippen LogP contribution is -2.42. The van der Waals surface area contributed by atoms with Gasteiger partial charge in [0.25, 0.3) is 0 Å². The number of aromatic nitrogens is 4. The summed E-state index contributed by atoms with van der Waals surface area (Å²) in [6, 6.07) is 20.7. The molecule has 0 unspecified atom stereocenters. The van der Waals surface area contributed by atoms with Crippen molar-refractivity contribution >= 4 is 24.1 Å². The zero-order valence-electron chi connectivity index (χ0n) is 24.1. The second-order valence-electron chi connectivity index (χ2n) is 11.9. The molecule has 5 aromatic rings. The molecule has 43 heavy (non-hydrogen) atoms. The van der Waals surface area contributed by atoms with E-state index in [9.17, 15) is 18.3 Å². The largest absolute Gasteiger partial charge is 0.573 e. The van der Waals surface area contributed by atoms with Gasteiger partial charge >= 0.3 is 6.36 Å². The van der Waals surface area contributed by atoms with Crippen molar-refractivity contribution in [3.63, 3.8) is 0 Å². The Labute approximate surface area is 248 Å². The van der Waals surface area contributed by atoms with E-state index in [-0.39, 0.29) is 17.7 Å². The van der Waals surface area contributed by atoms with Gasteiger partial charge in [0.1, 0.15) is 11.6 Å². The standard InChI is InChI=1S/C33H32F3N4O2P/c1-39-30(20-12-13-20)29(37-31(39)25-15-14-23(43(2)3)16-28(25)42-33(34,35)36)24-10-7-11-27-26(24)19-40(38-27)22-17-32(41,18-22)21-8-5-4-6-9-21/h4-11,14-16,19-20,22,41H,12-13,17-18H2,1-3H3. The van der Waals surface area contributed by atoms with Crippen molar-refractivity contribution < 1.29 is 23.0 Å². The van der Waals surface area contributed by atoms with Gasteiger partial charge in [0, 0.05) is 48.6 Å². The van der Waals surface area contributed by atoms with Gasteiger partial charge in [-0.05, 0) is 55.2 Å². The molecule has 0 amide bonds. The van der Waals surface area contributed by atoms with Crippen molar-refractivity contribution in [3.8, 4) is 28.4 Å². The highest BCUT2D eigenvalue weighted by atomic mass is 31.1. The van der Waals surface area contributed by atoms with Gasteiger partial charge in [0.15, 0.2) is 0 Å². The molecule has 0 radical (unpaired) electrons. The molecule has 7 rings (SSSR count). The second-order valence-corrected chi connectivity index (χ2v) is 14.2. The van der Waals surface area contributed by atoms with Crippen molar-refractivity contribution in [2.75, 3.05) is 13.3 Å². The second kappa shape index (κ2) is 10.2. The van der Waals surface area contributed by atoms with E-state index in [4.69, 9.17) is 10.1 Å². The minimum absolute atomic E-state index is 0.0517. The lowest BCUT2D eigenvalue weighted by molar-refractivity contribution is -0.274. The molecule has 0 atom stereocenters. The molecule has 3 aromatic carbocycles. The summed E-state index contributed by atoms with van der Waals surface area (Å²) >= 11 is 0. The van der Waals surface area contributed by atoms with Crippen molar-refractivity contribution in [1.29, 1.82) is 0 Å². The molecule has 2 aliphatic rings. The van der Waals surface area contributed by atoms with Crippen molar-refractivity contribution in [3.05, 3.63) is 84.2 Å². The van der Waals surface area contributed by atoms with Crippen LogP contribution in [0, 0.1) is 0 Å². The fourth-order valence-corrected chi connectivity index (χ4v) is 7.05. The number of rotatable bonds is 7. The smallest absolute Gasteiger partial charge is 0.405 e. The van der Waals surface area contributed by atoms with Gasteiger partial charge in [-0.25, -0.2) is 4.98 Å². The van der Waals surface area contributed by atoms with Crippen LogP contribution in [0.25, 0.3) is 33.5 Å². The Morgan fingerprint density at radius 1 is 0.977 bits per heavy atom. The fourth-order valence-electron chi connectivity index (χ4n) is 6.30. The predicted octanol–water partition coefficient (Wildman–Crippen LogP) is 7.47. The first kappa shape index (κ1) is 28.1. The van der Waals surface area contributed by atoms with Crippen molar-refractivity contribution in [2.24, 2.45) is 7.05 Å². The molecule has 222 valence electrons. The van der Waals surface area contributed by atoms with Gasteiger partial charge in [-0.1, -0.05) is 56.5 Å². The van der Waals surface area contributed by atoms with Gasteiger partial charge in [-0.2, -0.15) is 5.10 Å². The van der Waals surface area contributed by atoms with Crippen LogP contribution < -0.4 is 10.0 Å². The van der Waals surface area contributed by atoms with Gasteiger partial charge < -0.3 is 14.4 Å². The average Bonchev–Trinajstić information content (AvgIpc) is 3.60. The summed E-state index contributed by atoms with van der Waals surface area (Å²) in [7, 11) is 1.26. The highest BCUT2D eigenvalue weighted by molar-refractivity contribution is 7.64. The van der Waals surface area contributed by atoms with Crippen molar-refractivity contribution in [2.45, 2.75) is 49.6 Å². The predicted molar refractivity (Wildman–Crippen MR) is 163 cm³/mol. The summed E-state index contributed by atoms with van der Waals surface area (Å²) in [6.07, 6.45) is 0.334. The first-order valence-electron chi connectivity index (χ1n) is 14.4. The van der Waals surface area contributed by atoms with Crippen LogP contribution in [0.3, 0.4) is 0 Å². The number of hydrogen-bond donors (Lipinski definition) is 1. The lowest BCUT2D eigenvalue weighted by atomic mass is 9.71. The first-order valence-corrected chi connectivity index (χ1v) is 16.6. The summed E-state index contributed by atoms with van der Waals surface area (Å²) < 4.78 is 49.0. The van der Waals surface area contributed by atoms with Crippen LogP contribution in [-0.2, 0) is 12.6 Å². The maximum atomic E-state index is 13.5. The van der Waals surface area contributed by atoms with Crippen LogP contribution in [0.5, 0.6) is 5.75 Å². The summed E-state index contributed by atoms with van der Waals surface area (Å²) in [5.74, 6) is 0.491. The normalized spacial score (nSPS) is 20.5. The number of halogens is 3. The van der Waals surface area contributed by atoms with E-state index >= 15 is 0 Å². The SMILES string of the molecule is Cn1c(-c2ccc(P(C)C)cc2OC(F)(F)F)nc(-c2cccc3nn(C4CC(O)(c5ccccc5)C4)cc23)c1C1CC1. The quantitative estimate of drug-likeness (QED) is 0.196. The van der Waals surface area contributed by atoms with Crippen LogP contribution in [0.4, 0.5) is 13.2 Å². The van der Waals surface area contributed by atoms with Crippen molar-refractivity contribution in [1.82, 2.24) is 19.3 Å². The van der Waals surface area contributed by atoms with Crippen LogP contribution in [0.2, 0.25) is 0 Å². The maximum absolute atomic E-state index is 13.5. The van der Waals surface area contributed by atoms with Gasteiger partial charge in [0.05, 0.1) is 28.4 Å². The number of aliphatic hydroxyl groups is 1. The number of alkyl halides is 3. The van der Waals surface area contributed by atoms with E-state index in [2.05, 4.69) is 4.74 Å². The molecule has 0 bridgehead atoms. The molecule has 0 aliphatic heterocycles. The third kappa shape index (κ3) is 5.12. The number of benzene rings is 3. The number of ether oxygens (including phenoxy) is 1. The minimum atomic E-state index is -4.82.